The first kappa shape index (κ1) is 16.2. The standard InChI is InChI=1S/C17H16F2N6O2/c18-17(19)5-9(17)6-21-16(26)13-11-7-25(4-2-12(11)27-24-13)15-10-1-3-20-14(10)22-8-23-15/h1,3,8-9H,2,4-7H2,(H,21,26)(H,20,22,23). The van der Waals surface area contributed by atoms with Crippen LogP contribution in [0.15, 0.2) is 23.1 Å². The quantitative estimate of drug-likeness (QED) is 0.724. The van der Waals surface area contributed by atoms with E-state index in [1.807, 2.05) is 11.0 Å². The predicted molar refractivity (Wildman–Crippen MR) is 90.5 cm³/mol. The summed E-state index contributed by atoms with van der Waals surface area (Å²) in [5.41, 5.74) is 1.56. The molecular weight excluding hydrogens is 358 g/mol. The van der Waals surface area contributed by atoms with Crippen LogP contribution in [0.1, 0.15) is 28.2 Å². The van der Waals surface area contributed by atoms with E-state index in [1.54, 1.807) is 6.20 Å². The van der Waals surface area contributed by atoms with Crippen molar-refractivity contribution in [2.24, 2.45) is 5.92 Å². The number of aromatic nitrogens is 4. The van der Waals surface area contributed by atoms with Crippen LogP contribution >= 0.6 is 0 Å². The van der Waals surface area contributed by atoms with Gasteiger partial charge in [0.1, 0.15) is 23.6 Å². The van der Waals surface area contributed by atoms with Crippen molar-refractivity contribution in [1.82, 2.24) is 25.4 Å². The summed E-state index contributed by atoms with van der Waals surface area (Å²) < 4.78 is 31.3. The van der Waals surface area contributed by atoms with Gasteiger partial charge < -0.3 is 19.7 Å². The van der Waals surface area contributed by atoms with Crippen molar-refractivity contribution in [2.75, 3.05) is 18.0 Å². The number of carbonyl (C=O) groups is 1. The summed E-state index contributed by atoms with van der Waals surface area (Å²) in [5, 5.41) is 7.30. The lowest BCUT2D eigenvalue weighted by atomic mass is 10.1. The smallest absolute Gasteiger partial charge is 0.273 e. The third-order valence-corrected chi connectivity index (χ3v) is 5.14. The minimum atomic E-state index is -2.66. The molecule has 27 heavy (non-hydrogen) atoms. The fraction of sp³-hybridized carbons (Fsp3) is 0.412. The second kappa shape index (κ2) is 5.73. The van der Waals surface area contributed by atoms with E-state index in [1.165, 1.54) is 6.33 Å². The first-order chi connectivity index (χ1) is 13.0. The molecule has 2 N–H and O–H groups in total. The van der Waals surface area contributed by atoms with Crippen LogP contribution in [0.25, 0.3) is 11.0 Å². The molecule has 10 heteroatoms. The minimum absolute atomic E-state index is 0.0624. The first-order valence-corrected chi connectivity index (χ1v) is 8.69. The molecule has 8 nitrogen and oxygen atoms in total. The topological polar surface area (TPSA) is 99.9 Å². The van der Waals surface area contributed by atoms with Crippen LogP contribution in [-0.2, 0) is 13.0 Å². The number of amides is 1. The Hall–Kier alpha value is -3.04. The van der Waals surface area contributed by atoms with Gasteiger partial charge in [0.25, 0.3) is 11.8 Å². The number of alkyl halides is 2. The van der Waals surface area contributed by atoms with Gasteiger partial charge >= 0.3 is 0 Å². The molecule has 0 aromatic carbocycles. The zero-order valence-corrected chi connectivity index (χ0v) is 14.2. The zero-order chi connectivity index (χ0) is 18.6. The maximum Gasteiger partial charge on any atom is 0.273 e. The molecule has 3 aromatic heterocycles. The Labute approximate surface area is 151 Å². The molecule has 1 fully saturated rings. The van der Waals surface area contributed by atoms with E-state index in [9.17, 15) is 13.6 Å². The van der Waals surface area contributed by atoms with Crippen LogP contribution in [0.5, 0.6) is 0 Å². The fourth-order valence-corrected chi connectivity index (χ4v) is 3.47. The Morgan fingerprint density at radius 1 is 1.44 bits per heavy atom. The number of nitrogens with zero attached hydrogens (tertiary/aromatic N) is 4. The third kappa shape index (κ3) is 2.71. The normalized spacial score (nSPS) is 20.5. The van der Waals surface area contributed by atoms with Gasteiger partial charge in [-0.15, -0.1) is 0 Å². The predicted octanol–water partition coefficient (Wildman–Crippen LogP) is 1.89. The van der Waals surface area contributed by atoms with Crippen molar-refractivity contribution in [3.8, 4) is 0 Å². The van der Waals surface area contributed by atoms with Crippen LogP contribution in [0.2, 0.25) is 0 Å². The van der Waals surface area contributed by atoms with Gasteiger partial charge in [0.2, 0.25) is 0 Å². The molecule has 1 saturated carbocycles. The molecule has 1 atom stereocenters. The second-order valence-corrected chi connectivity index (χ2v) is 6.91. The monoisotopic (exact) mass is 374 g/mol. The molecule has 1 unspecified atom stereocenters. The number of H-pyrrole nitrogens is 1. The molecule has 1 aliphatic heterocycles. The number of hydrogen-bond donors (Lipinski definition) is 2. The van der Waals surface area contributed by atoms with E-state index in [0.717, 1.165) is 16.9 Å². The Bertz CT molecular complexity index is 1030. The highest BCUT2D eigenvalue weighted by Crippen LogP contribution is 2.48. The van der Waals surface area contributed by atoms with Gasteiger partial charge in [0.05, 0.1) is 11.9 Å². The number of nitrogens with one attached hydrogen (secondary N) is 2. The number of anilines is 1. The van der Waals surface area contributed by atoms with Gasteiger partial charge in [0.15, 0.2) is 5.69 Å². The van der Waals surface area contributed by atoms with Crippen LogP contribution in [0.4, 0.5) is 14.6 Å². The molecule has 3 aromatic rings. The van der Waals surface area contributed by atoms with Gasteiger partial charge in [-0.05, 0) is 6.07 Å². The van der Waals surface area contributed by atoms with Crippen molar-refractivity contribution < 1.29 is 18.1 Å². The summed E-state index contributed by atoms with van der Waals surface area (Å²) >= 11 is 0. The molecule has 1 amide bonds. The van der Waals surface area contributed by atoms with E-state index in [-0.39, 0.29) is 18.7 Å². The Morgan fingerprint density at radius 2 is 2.30 bits per heavy atom. The van der Waals surface area contributed by atoms with Crippen molar-refractivity contribution in [1.29, 1.82) is 0 Å². The maximum absolute atomic E-state index is 13.0. The number of carbonyl (C=O) groups excluding carboxylic acids is 1. The van der Waals surface area contributed by atoms with Gasteiger partial charge in [-0.1, -0.05) is 5.16 Å². The second-order valence-electron chi connectivity index (χ2n) is 6.91. The zero-order valence-electron chi connectivity index (χ0n) is 14.2. The van der Waals surface area contributed by atoms with E-state index in [0.29, 0.717) is 30.8 Å². The summed E-state index contributed by atoms with van der Waals surface area (Å²) in [4.78, 5) is 26.1. The Kier molecular flexibility index (Phi) is 3.43. The highest BCUT2D eigenvalue weighted by atomic mass is 19.3. The number of hydrogen-bond acceptors (Lipinski definition) is 6. The van der Waals surface area contributed by atoms with E-state index < -0.39 is 17.7 Å². The fourth-order valence-electron chi connectivity index (χ4n) is 3.47. The van der Waals surface area contributed by atoms with Gasteiger partial charge in [-0.3, -0.25) is 4.79 Å². The van der Waals surface area contributed by atoms with Crippen LogP contribution in [0, 0.1) is 5.92 Å². The van der Waals surface area contributed by atoms with Crippen molar-refractivity contribution in [3.63, 3.8) is 0 Å². The molecule has 0 saturated heterocycles. The highest BCUT2D eigenvalue weighted by Gasteiger charge is 2.56. The molecule has 5 rings (SSSR count). The van der Waals surface area contributed by atoms with Crippen LogP contribution in [0.3, 0.4) is 0 Å². The van der Waals surface area contributed by atoms with Crippen molar-refractivity contribution in [2.45, 2.75) is 25.3 Å². The number of aromatic amines is 1. The van der Waals surface area contributed by atoms with Crippen LogP contribution < -0.4 is 10.2 Å². The molecule has 0 spiro atoms. The first-order valence-electron chi connectivity index (χ1n) is 8.69. The number of fused-ring (bicyclic) bond motifs is 2. The van der Waals surface area contributed by atoms with Gasteiger partial charge in [-0.2, -0.15) is 0 Å². The molecule has 0 bridgehead atoms. The molecular formula is C17H16F2N6O2. The van der Waals surface area contributed by atoms with E-state index in [2.05, 4.69) is 25.4 Å². The highest BCUT2D eigenvalue weighted by molar-refractivity contribution is 5.94. The SMILES string of the molecule is O=C(NCC1CC1(F)F)c1noc2c1CN(c1ncnc3[nH]ccc13)CC2. The van der Waals surface area contributed by atoms with Gasteiger partial charge in [-0.25, -0.2) is 18.7 Å². The molecule has 4 heterocycles. The number of halogens is 2. The lowest BCUT2D eigenvalue weighted by Crippen LogP contribution is -2.33. The van der Waals surface area contributed by atoms with E-state index >= 15 is 0 Å². The van der Waals surface area contributed by atoms with Gasteiger partial charge in [0, 0.05) is 43.6 Å². The third-order valence-electron chi connectivity index (χ3n) is 5.14. The summed E-state index contributed by atoms with van der Waals surface area (Å²) in [6.07, 6.45) is 3.68. The van der Waals surface area contributed by atoms with E-state index in [4.69, 9.17) is 4.52 Å². The molecule has 140 valence electrons. The molecule has 2 aliphatic rings. The summed E-state index contributed by atoms with van der Waals surface area (Å²) in [7, 11) is 0. The average Bonchev–Trinajstić information content (AvgIpc) is 3.06. The Balaban J connectivity index is 1.37. The molecule has 0 radical (unpaired) electrons. The van der Waals surface area contributed by atoms with Crippen LogP contribution in [-0.4, -0.2) is 45.0 Å². The lowest BCUT2D eigenvalue weighted by Gasteiger charge is -2.27. The largest absolute Gasteiger partial charge is 0.360 e. The summed E-state index contributed by atoms with van der Waals surface area (Å²) in [6, 6.07) is 1.90. The van der Waals surface area contributed by atoms with Crippen molar-refractivity contribution >= 4 is 22.8 Å². The Morgan fingerprint density at radius 3 is 3.11 bits per heavy atom. The van der Waals surface area contributed by atoms with Crippen molar-refractivity contribution in [3.05, 3.63) is 35.6 Å². The minimum Gasteiger partial charge on any atom is -0.360 e. The number of rotatable bonds is 4. The lowest BCUT2D eigenvalue weighted by molar-refractivity contribution is 0.0888. The summed E-state index contributed by atoms with van der Waals surface area (Å²) in [6.45, 7) is 1.00. The average molecular weight is 374 g/mol. The summed E-state index contributed by atoms with van der Waals surface area (Å²) in [5.74, 6) is -2.53. The maximum atomic E-state index is 13.0. The molecule has 1 aliphatic carbocycles.